The van der Waals surface area contributed by atoms with Crippen LogP contribution in [0.2, 0.25) is 10.0 Å². The van der Waals surface area contributed by atoms with Crippen LogP contribution in [0.3, 0.4) is 0 Å². The molecular formula is C20H19Cl2N3O3. The third kappa shape index (κ3) is 4.37. The minimum absolute atomic E-state index is 0.237. The fourth-order valence-corrected chi connectivity index (χ4v) is 3.72. The van der Waals surface area contributed by atoms with Crippen LogP contribution in [-0.2, 0) is 33.1 Å². The second-order valence-corrected chi connectivity index (χ2v) is 7.37. The molecule has 2 aromatic carbocycles. The third-order valence-electron chi connectivity index (χ3n) is 4.45. The van der Waals surface area contributed by atoms with E-state index in [0.29, 0.717) is 42.0 Å². The Bertz CT molecular complexity index is 908. The monoisotopic (exact) mass is 419 g/mol. The SMILES string of the molecule is Clc1ccc(C2(Cn3cncn3)OCC(COCc3ccccc3)O2)c(Cl)c1. The molecule has 4 rings (SSSR count). The van der Waals surface area contributed by atoms with Gasteiger partial charge in [0, 0.05) is 10.6 Å². The Kier molecular flexibility index (Phi) is 5.94. The van der Waals surface area contributed by atoms with E-state index in [1.54, 1.807) is 23.1 Å². The van der Waals surface area contributed by atoms with Crippen molar-refractivity contribution in [3.05, 3.63) is 82.4 Å². The smallest absolute Gasteiger partial charge is 0.217 e. The van der Waals surface area contributed by atoms with Crippen molar-refractivity contribution in [2.24, 2.45) is 0 Å². The highest BCUT2D eigenvalue weighted by atomic mass is 35.5. The molecule has 0 N–H and O–H groups in total. The van der Waals surface area contributed by atoms with E-state index in [2.05, 4.69) is 10.1 Å². The summed E-state index contributed by atoms with van der Waals surface area (Å²) in [5, 5.41) is 5.19. The molecule has 2 unspecified atom stereocenters. The van der Waals surface area contributed by atoms with Crippen LogP contribution in [0.1, 0.15) is 11.1 Å². The van der Waals surface area contributed by atoms with Gasteiger partial charge in [0.1, 0.15) is 25.3 Å². The van der Waals surface area contributed by atoms with Crippen LogP contribution in [0, 0.1) is 0 Å². The molecule has 146 valence electrons. The number of halogens is 2. The van der Waals surface area contributed by atoms with Gasteiger partial charge in [0.25, 0.3) is 0 Å². The summed E-state index contributed by atoms with van der Waals surface area (Å²) in [6.07, 6.45) is 2.84. The van der Waals surface area contributed by atoms with Crippen molar-refractivity contribution in [3.63, 3.8) is 0 Å². The minimum Gasteiger partial charge on any atom is -0.374 e. The highest BCUT2D eigenvalue weighted by Crippen LogP contribution is 2.40. The fourth-order valence-electron chi connectivity index (χ4n) is 3.16. The summed E-state index contributed by atoms with van der Waals surface area (Å²) in [5.74, 6) is -1.09. The van der Waals surface area contributed by atoms with Crippen LogP contribution >= 0.6 is 23.2 Å². The first-order valence-corrected chi connectivity index (χ1v) is 9.62. The lowest BCUT2D eigenvalue weighted by atomic mass is 10.1. The number of aromatic nitrogens is 3. The van der Waals surface area contributed by atoms with Gasteiger partial charge in [0.15, 0.2) is 0 Å². The highest BCUT2D eigenvalue weighted by Gasteiger charge is 2.45. The lowest BCUT2D eigenvalue weighted by Gasteiger charge is -2.29. The van der Waals surface area contributed by atoms with Gasteiger partial charge in [-0.1, -0.05) is 59.6 Å². The summed E-state index contributed by atoms with van der Waals surface area (Å²) in [5.41, 5.74) is 1.80. The average molecular weight is 420 g/mol. The number of benzene rings is 2. The molecule has 0 aliphatic carbocycles. The van der Waals surface area contributed by atoms with E-state index in [9.17, 15) is 0 Å². The molecule has 0 bridgehead atoms. The van der Waals surface area contributed by atoms with Gasteiger partial charge in [0.05, 0.1) is 24.8 Å². The van der Waals surface area contributed by atoms with Crippen molar-refractivity contribution in [2.75, 3.05) is 13.2 Å². The normalized spacial score (nSPS) is 21.9. The largest absolute Gasteiger partial charge is 0.374 e. The summed E-state index contributed by atoms with van der Waals surface area (Å²) >= 11 is 12.5. The molecule has 0 radical (unpaired) electrons. The Balaban J connectivity index is 1.49. The summed E-state index contributed by atoms with van der Waals surface area (Å²) in [7, 11) is 0. The van der Waals surface area contributed by atoms with Crippen LogP contribution in [0.25, 0.3) is 0 Å². The topological polar surface area (TPSA) is 58.4 Å². The van der Waals surface area contributed by atoms with Crippen LogP contribution < -0.4 is 0 Å². The maximum atomic E-state index is 6.45. The maximum absolute atomic E-state index is 6.45. The molecule has 1 fully saturated rings. The highest BCUT2D eigenvalue weighted by molar-refractivity contribution is 6.35. The van der Waals surface area contributed by atoms with Crippen LogP contribution in [0.15, 0.2) is 61.2 Å². The Morgan fingerprint density at radius 3 is 2.79 bits per heavy atom. The van der Waals surface area contributed by atoms with Crippen LogP contribution in [-0.4, -0.2) is 34.1 Å². The predicted octanol–water partition coefficient (Wildman–Crippen LogP) is 4.07. The van der Waals surface area contributed by atoms with Gasteiger partial charge in [-0.3, -0.25) is 0 Å². The number of ether oxygens (including phenoxy) is 3. The Labute approximate surface area is 173 Å². The molecule has 2 atom stereocenters. The molecule has 0 spiro atoms. The van der Waals surface area contributed by atoms with Crippen LogP contribution in [0.5, 0.6) is 0 Å². The maximum Gasteiger partial charge on any atom is 0.217 e. The van der Waals surface area contributed by atoms with E-state index < -0.39 is 5.79 Å². The van der Waals surface area contributed by atoms with E-state index in [1.807, 2.05) is 36.4 Å². The van der Waals surface area contributed by atoms with Crippen molar-refractivity contribution >= 4 is 23.2 Å². The van der Waals surface area contributed by atoms with E-state index in [-0.39, 0.29) is 6.10 Å². The van der Waals surface area contributed by atoms with E-state index in [4.69, 9.17) is 37.4 Å². The first-order chi connectivity index (χ1) is 13.6. The molecular weight excluding hydrogens is 401 g/mol. The Morgan fingerprint density at radius 2 is 2.04 bits per heavy atom. The molecule has 1 aliphatic heterocycles. The van der Waals surface area contributed by atoms with Crippen molar-refractivity contribution in [1.82, 2.24) is 14.8 Å². The van der Waals surface area contributed by atoms with Gasteiger partial charge in [-0.15, -0.1) is 0 Å². The number of hydrogen-bond acceptors (Lipinski definition) is 5. The van der Waals surface area contributed by atoms with Gasteiger partial charge < -0.3 is 14.2 Å². The third-order valence-corrected chi connectivity index (χ3v) is 5.00. The summed E-state index contributed by atoms with van der Waals surface area (Å²) in [4.78, 5) is 3.99. The standard InChI is InChI=1S/C20H19Cl2N3O3/c21-16-6-7-18(19(22)8-16)20(12-25-14-23-13-24-25)27-11-17(28-20)10-26-9-15-4-2-1-3-5-15/h1-8,13-14,17H,9-12H2. The Hall–Kier alpha value is -1.96. The molecule has 2 heterocycles. The first kappa shape index (κ1) is 19.4. The van der Waals surface area contributed by atoms with Gasteiger partial charge in [-0.05, 0) is 17.7 Å². The van der Waals surface area contributed by atoms with E-state index in [0.717, 1.165) is 5.56 Å². The zero-order valence-corrected chi connectivity index (χ0v) is 16.5. The Morgan fingerprint density at radius 1 is 1.18 bits per heavy atom. The fraction of sp³-hybridized carbons (Fsp3) is 0.300. The lowest BCUT2D eigenvalue weighted by Crippen LogP contribution is -2.34. The summed E-state index contributed by atoms with van der Waals surface area (Å²) in [6, 6.07) is 15.2. The molecule has 0 saturated carbocycles. The zero-order valence-electron chi connectivity index (χ0n) is 15.0. The first-order valence-electron chi connectivity index (χ1n) is 8.86. The molecule has 3 aromatic rings. The molecule has 0 amide bonds. The molecule has 8 heteroatoms. The van der Waals surface area contributed by atoms with Gasteiger partial charge in [-0.2, -0.15) is 5.10 Å². The molecule has 28 heavy (non-hydrogen) atoms. The quantitative estimate of drug-likeness (QED) is 0.577. The van der Waals surface area contributed by atoms with Crippen molar-refractivity contribution in [3.8, 4) is 0 Å². The number of rotatable bonds is 7. The average Bonchev–Trinajstić information content (AvgIpc) is 3.34. The number of nitrogens with zero attached hydrogens (tertiary/aromatic N) is 3. The van der Waals surface area contributed by atoms with Gasteiger partial charge >= 0.3 is 0 Å². The molecule has 6 nitrogen and oxygen atoms in total. The second kappa shape index (κ2) is 8.59. The molecule has 1 aromatic heterocycles. The molecule has 1 aliphatic rings. The van der Waals surface area contributed by atoms with E-state index in [1.165, 1.54) is 6.33 Å². The van der Waals surface area contributed by atoms with Crippen molar-refractivity contribution in [1.29, 1.82) is 0 Å². The summed E-state index contributed by atoms with van der Waals surface area (Å²) in [6.45, 7) is 1.60. The van der Waals surface area contributed by atoms with Crippen molar-refractivity contribution in [2.45, 2.75) is 25.0 Å². The van der Waals surface area contributed by atoms with Gasteiger partial charge in [0.2, 0.25) is 5.79 Å². The number of hydrogen-bond donors (Lipinski definition) is 0. The van der Waals surface area contributed by atoms with Crippen LogP contribution in [0.4, 0.5) is 0 Å². The minimum atomic E-state index is -1.09. The second-order valence-electron chi connectivity index (χ2n) is 6.52. The predicted molar refractivity (Wildman–Crippen MR) is 105 cm³/mol. The van der Waals surface area contributed by atoms with E-state index >= 15 is 0 Å². The van der Waals surface area contributed by atoms with Gasteiger partial charge in [-0.25, -0.2) is 9.67 Å². The zero-order chi connectivity index (χ0) is 19.4. The lowest BCUT2D eigenvalue weighted by molar-refractivity contribution is -0.193. The van der Waals surface area contributed by atoms with Crippen molar-refractivity contribution < 1.29 is 14.2 Å². The summed E-state index contributed by atoms with van der Waals surface area (Å²) < 4.78 is 19.9. The molecule has 1 saturated heterocycles.